The largest absolute Gasteiger partial charge is 0.467 e. The number of ether oxygens (including phenoxy) is 2. The topological polar surface area (TPSA) is 67.8 Å². The minimum Gasteiger partial charge on any atom is -0.467 e. The van der Waals surface area contributed by atoms with Crippen LogP contribution in [0.2, 0.25) is 0 Å². The molecule has 0 heterocycles. The monoisotopic (exact) mass is 341 g/mol. The SMILES string of the molecule is COCOc1ccccc1-c1ccc2c(c1)CC(C)(C)C2NC(=O)O. The molecule has 0 spiro atoms. The second-order valence-electron chi connectivity index (χ2n) is 7.01. The van der Waals surface area contributed by atoms with Gasteiger partial charge in [0.2, 0.25) is 0 Å². The van der Waals surface area contributed by atoms with Crippen LogP contribution in [0.15, 0.2) is 42.5 Å². The molecule has 1 atom stereocenters. The number of para-hydroxylation sites is 1. The van der Waals surface area contributed by atoms with Gasteiger partial charge in [-0.3, -0.25) is 0 Å². The summed E-state index contributed by atoms with van der Waals surface area (Å²) < 4.78 is 10.7. The van der Waals surface area contributed by atoms with E-state index < -0.39 is 6.09 Å². The van der Waals surface area contributed by atoms with Crippen LogP contribution in [0, 0.1) is 5.41 Å². The molecule has 0 aromatic heterocycles. The Kier molecular flexibility index (Phi) is 4.68. The van der Waals surface area contributed by atoms with Gasteiger partial charge in [0.1, 0.15) is 5.75 Å². The lowest BCUT2D eigenvalue weighted by molar-refractivity contribution is 0.0515. The maximum Gasteiger partial charge on any atom is 0.405 e. The minimum atomic E-state index is -0.992. The summed E-state index contributed by atoms with van der Waals surface area (Å²) in [6.45, 7) is 4.37. The zero-order valence-corrected chi connectivity index (χ0v) is 14.7. The molecule has 132 valence electrons. The molecule has 3 rings (SSSR count). The smallest absolute Gasteiger partial charge is 0.405 e. The third-order valence-electron chi connectivity index (χ3n) is 4.68. The fraction of sp³-hybridized carbons (Fsp3) is 0.350. The summed E-state index contributed by atoms with van der Waals surface area (Å²) >= 11 is 0. The van der Waals surface area contributed by atoms with Crippen LogP contribution in [-0.2, 0) is 11.2 Å². The van der Waals surface area contributed by atoms with Crippen molar-refractivity contribution >= 4 is 6.09 Å². The van der Waals surface area contributed by atoms with E-state index in [0.717, 1.165) is 28.9 Å². The van der Waals surface area contributed by atoms with Crippen molar-refractivity contribution in [1.82, 2.24) is 5.32 Å². The molecule has 5 nitrogen and oxygen atoms in total. The molecule has 0 fully saturated rings. The van der Waals surface area contributed by atoms with E-state index >= 15 is 0 Å². The standard InChI is InChI=1S/C20H23NO4/c1-20(2)11-14-10-13(8-9-16(14)18(20)21-19(22)23)15-6-4-5-7-17(15)25-12-24-3/h4-10,18,21H,11-12H2,1-3H3,(H,22,23). The molecule has 25 heavy (non-hydrogen) atoms. The molecular formula is C20H23NO4. The number of carbonyl (C=O) groups is 1. The summed E-state index contributed by atoms with van der Waals surface area (Å²) in [5.41, 5.74) is 4.10. The quantitative estimate of drug-likeness (QED) is 0.799. The molecule has 1 aliphatic carbocycles. The van der Waals surface area contributed by atoms with Crippen LogP contribution in [0.4, 0.5) is 4.79 Å². The molecule has 0 saturated heterocycles. The van der Waals surface area contributed by atoms with Gasteiger partial charge in [0, 0.05) is 12.7 Å². The van der Waals surface area contributed by atoms with Gasteiger partial charge in [-0.05, 0) is 34.6 Å². The van der Waals surface area contributed by atoms with E-state index in [0.29, 0.717) is 0 Å². The summed E-state index contributed by atoms with van der Waals surface area (Å²) in [6, 6.07) is 13.8. The van der Waals surface area contributed by atoms with Crippen molar-refractivity contribution in [3.05, 3.63) is 53.6 Å². The Morgan fingerprint density at radius 3 is 2.76 bits per heavy atom. The number of fused-ring (bicyclic) bond motifs is 1. The van der Waals surface area contributed by atoms with Crippen LogP contribution in [0.5, 0.6) is 5.75 Å². The van der Waals surface area contributed by atoms with Crippen molar-refractivity contribution in [1.29, 1.82) is 0 Å². The van der Waals surface area contributed by atoms with Crippen LogP contribution >= 0.6 is 0 Å². The molecule has 5 heteroatoms. The number of hydrogen-bond donors (Lipinski definition) is 2. The van der Waals surface area contributed by atoms with Crippen LogP contribution in [0.3, 0.4) is 0 Å². The van der Waals surface area contributed by atoms with Gasteiger partial charge in [0.25, 0.3) is 0 Å². The first-order chi connectivity index (χ1) is 11.9. The Hall–Kier alpha value is -2.53. The van der Waals surface area contributed by atoms with E-state index in [1.807, 2.05) is 36.4 Å². The van der Waals surface area contributed by atoms with E-state index in [1.165, 1.54) is 5.56 Å². The molecule has 2 aromatic carbocycles. The van der Waals surface area contributed by atoms with Crippen LogP contribution in [-0.4, -0.2) is 25.1 Å². The van der Waals surface area contributed by atoms with Crippen molar-refractivity contribution in [2.24, 2.45) is 5.41 Å². The molecule has 1 amide bonds. The third kappa shape index (κ3) is 3.46. The summed E-state index contributed by atoms with van der Waals surface area (Å²) in [5.74, 6) is 0.766. The van der Waals surface area contributed by atoms with Crippen LogP contribution < -0.4 is 10.1 Å². The minimum absolute atomic E-state index is 0.161. The van der Waals surface area contributed by atoms with Crippen molar-refractivity contribution < 1.29 is 19.4 Å². The van der Waals surface area contributed by atoms with E-state index in [1.54, 1.807) is 7.11 Å². The second-order valence-corrected chi connectivity index (χ2v) is 7.01. The van der Waals surface area contributed by atoms with Crippen LogP contribution in [0.1, 0.15) is 31.0 Å². The number of benzene rings is 2. The van der Waals surface area contributed by atoms with E-state index in [-0.39, 0.29) is 18.2 Å². The molecule has 0 radical (unpaired) electrons. The normalized spacial score (nSPS) is 17.8. The lowest BCUT2D eigenvalue weighted by Crippen LogP contribution is -2.34. The first-order valence-corrected chi connectivity index (χ1v) is 8.26. The van der Waals surface area contributed by atoms with E-state index in [9.17, 15) is 4.79 Å². The summed E-state index contributed by atoms with van der Waals surface area (Å²) in [7, 11) is 1.59. The number of nitrogens with one attached hydrogen (secondary N) is 1. The highest BCUT2D eigenvalue weighted by Gasteiger charge is 2.40. The maximum absolute atomic E-state index is 11.1. The molecule has 1 aliphatic rings. The number of hydrogen-bond acceptors (Lipinski definition) is 3. The maximum atomic E-state index is 11.1. The molecule has 2 aromatic rings. The van der Waals surface area contributed by atoms with Gasteiger partial charge in [0.15, 0.2) is 6.79 Å². The lowest BCUT2D eigenvalue weighted by Gasteiger charge is -2.27. The van der Waals surface area contributed by atoms with Gasteiger partial charge < -0.3 is 19.9 Å². The Morgan fingerprint density at radius 2 is 2.04 bits per heavy atom. The lowest BCUT2D eigenvalue weighted by atomic mass is 9.85. The van der Waals surface area contributed by atoms with Gasteiger partial charge in [-0.15, -0.1) is 0 Å². The number of carboxylic acid groups (broad SMARTS) is 1. The molecule has 1 unspecified atom stereocenters. The van der Waals surface area contributed by atoms with Crippen molar-refractivity contribution in [3.63, 3.8) is 0 Å². The van der Waals surface area contributed by atoms with Gasteiger partial charge >= 0.3 is 6.09 Å². The first kappa shape index (κ1) is 17.3. The zero-order chi connectivity index (χ0) is 18.0. The van der Waals surface area contributed by atoms with Gasteiger partial charge in [-0.2, -0.15) is 0 Å². The molecule has 2 N–H and O–H groups in total. The highest BCUT2D eigenvalue weighted by molar-refractivity contribution is 5.72. The number of rotatable bonds is 5. The summed E-state index contributed by atoms with van der Waals surface area (Å²) in [5, 5.41) is 11.8. The van der Waals surface area contributed by atoms with Crippen molar-refractivity contribution in [2.45, 2.75) is 26.3 Å². The predicted molar refractivity (Wildman–Crippen MR) is 95.8 cm³/mol. The second kappa shape index (κ2) is 6.76. The summed E-state index contributed by atoms with van der Waals surface area (Å²) in [6.07, 6.45) is -0.171. The Labute approximate surface area is 147 Å². The van der Waals surface area contributed by atoms with E-state index in [2.05, 4.69) is 25.2 Å². The van der Waals surface area contributed by atoms with Gasteiger partial charge in [-0.1, -0.05) is 50.2 Å². The van der Waals surface area contributed by atoms with Gasteiger partial charge in [0.05, 0.1) is 6.04 Å². The average molecular weight is 341 g/mol. The molecular weight excluding hydrogens is 318 g/mol. The Balaban J connectivity index is 1.97. The number of amides is 1. The predicted octanol–water partition coefficient (Wildman–Crippen LogP) is 4.23. The summed E-state index contributed by atoms with van der Waals surface area (Å²) in [4.78, 5) is 11.1. The fourth-order valence-electron chi connectivity index (χ4n) is 3.57. The Morgan fingerprint density at radius 1 is 1.28 bits per heavy atom. The van der Waals surface area contributed by atoms with Crippen molar-refractivity contribution in [3.8, 4) is 16.9 Å². The van der Waals surface area contributed by atoms with Gasteiger partial charge in [-0.25, -0.2) is 4.79 Å². The average Bonchev–Trinajstić information content (AvgIpc) is 2.82. The zero-order valence-electron chi connectivity index (χ0n) is 14.7. The molecule has 0 aliphatic heterocycles. The third-order valence-corrected chi connectivity index (χ3v) is 4.68. The fourth-order valence-corrected chi connectivity index (χ4v) is 3.57. The van der Waals surface area contributed by atoms with Crippen LogP contribution in [0.25, 0.3) is 11.1 Å². The highest BCUT2D eigenvalue weighted by Crippen LogP contribution is 2.46. The number of methoxy groups -OCH3 is 1. The molecule has 0 saturated carbocycles. The van der Waals surface area contributed by atoms with Crippen molar-refractivity contribution in [2.75, 3.05) is 13.9 Å². The highest BCUT2D eigenvalue weighted by atomic mass is 16.7. The Bertz CT molecular complexity index is 785. The van der Waals surface area contributed by atoms with E-state index in [4.69, 9.17) is 14.6 Å². The molecule has 0 bridgehead atoms. The first-order valence-electron chi connectivity index (χ1n) is 8.26.